The van der Waals surface area contributed by atoms with Gasteiger partial charge in [-0.25, -0.2) is 0 Å². The molecular weight excluding hydrogens is 360 g/mol. The molecule has 4 rings (SSSR count). The standard InChI is InChI=1S/C20H18N4O2S/c25-19(14-9-10-14)23-17-16(15-8-4-5-11-21-15)24-27-18(17)20(26)22-12-13-6-2-1-3-7-13/h1-8,11,14H,9-10,12H2,(H,22,26)(H,23,25). The summed E-state index contributed by atoms with van der Waals surface area (Å²) in [5, 5.41) is 5.81. The van der Waals surface area contributed by atoms with Crippen molar-refractivity contribution in [3.63, 3.8) is 0 Å². The van der Waals surface area contributed by atoms with Crippen LogP contribution in [0.2, 0.25) is 0 Å². The molecule has 27 heavy (non-hydrogen) atoms. The molecule has 3 aromatic rings. The van der Waals surface area contributed by atoms with Crippen LogP contribution < -0.4 is 10.6 Å². The van der Waals surface area contributed by atoms with Crippen LogP contribution in [-0.2, 0) is 11.3 Å². The predicted molar refractivity (Wildman–Crippen MR) is 104 cm³/mol. The Morgan fingerprint density at radius 1 is 1.07 bits per heavy atom. The van der Waals surface area contributed by atoms with Crippen molar-refractivity contribution in [1.82, 2.24) is 14.7 Å². The Labute approximate surface area is 160 Å². The number of carbonyl (C=O) groups is 2. The molecule has 7 heteroatoms. The summed E-state index contributed by atoms with van der Waals surface area (Å²) in [6.45, 7) is 0.409. The number of nitrogens with one attached hydrogen (secondary N) is 2. The molecule has 0 bridgehead atoms. The van der Waals surface area contributed by atoms with Gasteiger partial charge in [0.25, 0.3) is 5.91 Å². The lowest BCUT2D eigenvalue weighted by molar-refractivity contribution is -0.117. The van der Waals surface area contributed by atoms with Gasteiger partial charge in [0.15, 0.2) is 0 Å². The van der Waals surface area contributed by atoms with E-state index in [9.17, 15) is 9.59 Å². The monoisotopic (exact) mass is 378 g/mol. The zero-order chi connectivity index (χ0) is 18.6. The summed E-state index contributed by atoms with van der Waals surface area (Å²) < 4.78 is 4.40. The van der Waals surface area contributed by atoms with Crippen LogP contribution in [0.15, 0.2) is 54.7 Å². The van der Waals surface area contributed by atoms with Crippen molar-refractivity contribution >= 4 is 29.0 Å². The number of rotatable bonds is 6. The summed E-state index contributed by atoms with van der Waals surface area (Å²) in [5.74, 6) is -0.296. The molecule has 0 spiro atoms. The van der Waals surface area contributed by atoms with E-state index in [1.54, 1.807) is 6.20 Å². The molecule has 0 radical (unpaired) electrons. The average molecular weight is 378 g/mol. The number of aromatic nitrogens is 2. The molecule has 2 heterocycles. The largest absolute Gasteiger partial charge is 0.347 e. The lowest BCUT2D eigenvalue weighted by atomic mass is 10.2. The number of hydrogen-bond acceptors (Lipinski definition) is 5. The molecule has 0 aliphatic heterocycles. The first-order chi connectivity index (χ1) is 13.2. The van der Waals surface area contributed by atoms with Crippen molar-refractivity contribution < 1.29 is 9.59 Å². The summed E-state index contributed by atoms with van der Waals surface area (Å²) >= 11 is 1.07. The average Bonchev–Trinajstić information content (AvgIpc) is 3.49. The van der Waals surface area contributed by atoms with Crippen LogP contribution >= 0.6 is 11.5 Å². The predicted octanol–water partition coefficient (Wildman–Crippen LogP) is 3.48. The SMILES string of the molecule is O=C(NCc1ccccc1)c1snc(-c2ccccn2)c1NC(=O)C1CC1. The molecule has 2 N–H and O–H groups in total. The Morgan fingerprint density at radius 2 is 1.85 bits per heavy atom. The minimum absolute atomic E-state index is 0.0294. The second-order valence-electron chi connectivity index (χ2n) is 6.38. The Kier molecular flexibility index (Phi) is 4.93. The number of pyridine rings is 1. The molecule has 136 valence electrons. The van der Waals surface area contributed by atoms with E-state index in [0.29, 0.717) is 28.5 Å². The van der Waals surface area contributed by atoms with Gasteiger partial charge in [0.1, 0.15) is 10.6 Å². The van der Waals surface area contributed by atoms with Crippen LogP contribution in [0.3, 0.4) is 0 Å². The summed E-state index contributed by atoms with van der Waals surface area (Å²) in [5.41, 5.74) is 2.60. The summed E-state index contributed by atoms with van der Waals surface area (Å²) in [6, 6.07) is 15.1. The van der Waals surface area contributed by atoms with Gasteiger partial charge in [0.2, 0.25) is 5.91 Å². The van der Waals surface area contributed by atoms with Gasteiger partial charge in [0, 0.05) is 18.7 Å². The Bertz CT molecular complexity index is 953. The van der Waals surface area contributed by atoms with E-state index in [4.69, 9.17) is 0 Å². The highest BCUT2D eigenvalue weighted by atomic mass is 32.1. The fraction of sp³-hybridized carbons (Fsp3) is 0.200. The van der Waals surface area contributed by atoms with Crippen LogP contribution in [0.4, 0.5) is 5.69 Å². The minimum atomic E-state index is -0.260. The first-order valence-electron chi connectivity index (χ1n) is 8.76. The first-order valence-corrected chi connectivity index (χ1v) is 9.54. The molecule has 0 unspecified atom stereocenters. The van der Waals surface area contributed by atoms with Crippen molar-refractivity contribution in [3.05, 3.63) is 65.2 Å². The van der Waals surface area contributed by atoms with Gasteiger partial charge < -0.3 is 10.6 Å². The van der Waals surface area contributed by atoms with Gasteiger partial charge in [-0.2, -0.15) is 4.37 Å². The van der Waals surface area contributed by atoms with Crippen LogP contribution in [-0.4, -0.2) is 21.2 Å². The molecule has 1 aliphatic rings. The molecule has 1 aromatic carbocycles. The lowest BCUT2D eigenvalue weighted by Gasteiger charge is -2.09. The second-order valence-corrected chi connectivity index (χ2v) is 7.16. The van der Waals surface area contributed by atoms with Gasteiger partial charge in [0.05, 0.1) is 11.4 Å². The van der Waals surface area contributed by atoms with Crippen molar-refractivity contribution in [3.8, 4) is 11.4 Å². The normalized spacial score (nSPS) is 13.2. The highest BCUT2D eigenvalue weighted by Gasteiger charge is 2.32. The van der Waals surface area contributed by atoms with E-state index in [1.165, 1.54) is 0 Å². The molecule has 1 fully saturated rings. The number of anilines is 1. The molecule has 0 saturated heterocycles. The number of benzene rings is 1. The van der Waals surface area contributed by atoms with Crippen molar-refractivity contribution in [2.24, 2.45) is 5.92 Å². The molecule has 1 aliphatic carbocycles. The Hall–Kier alpha value is -3.06. The molecular formula is C20H18N4O2S. The third kappa shape index (κ3) is 4.03. The summed E-state index contributed by atoms with van der Waals surface area (Å²) in [7, 11) is 0. The third-order valence-corrected chi connectivity index (χ3v) is 5.14. The third-order valence-electron chi connectivity index (χ3n) is 4.30. The van der Waals surface area contributed by atoms with Crippen LogP contribution in [0.25, 0.3) is 11.4 Å². The Balaban J connectivity index is 1.59. The molecule has 2 amide bonds. The van der Waals surface area contributed by atoms with Crippen LogP contribution in [0.1, 0.15) is 28.1 Å². The summed E-state index contributed by atoms with van der Waals surface area (Å²) in [6.07, 6.45) is 3.44. The smallest absolute Gasteiger partial charge is 0.265 e. The van der Waals surface area contributed by atoms with E-state index in [2.05, 4.69) is 20.0 Å². The fourth-order valence-electron chi connectivity index (χ4n) is 2.67. The topological polar surface area (TPSA) is 84.0 Å². The highest BCUT2D eigenvalue weighted by Crippen LogP contribution is 2.35. The zero-order valence-electron chi connectivity index (χ0n) is 14.5. The zero-order valence-corrected chi connectivity index (χ0v) is 15.3. The molecule has 2 aromatic heterocycles. The van der Waals surface area contributed by atoms with Crippen molar-refractivity contribution in [2.75, 3.05) is 5.32 Å². The van der Waals surface area contributed by atoms with Crippen molar-refractivity contribution in [2.45, 2.75) is 19.4 Å². The maximum Gasteiger partial charge on any atom is 0.265 e. The van der Waals surface area contributed by atoms with E-state index in [1.807, 2.05) is 48.5 Å². The number of nitrogens with zero attached hydrogens (tertiary/aromatic N) is 2. The lowest BCUT2D eigenvalue weighted by Crippen LogP contribution is -2.24. The molecule has 6 nitrogen and oxygen atoms in total. The second kappa shape index (κ2) is 7.67. The minimum Gasteiger partial charge on any atom is -0.347 e. The van der Waals surface area contributed by atoms with Gasteiger partial charge >= 0.3 is 0 Å². The molecule has 0 atom stereocenters. The maximum atomic E-state index is 12.7. The van der Waals surface area contributed by atoms with Crippen molar-refractivity contribution in [1.29, 1.82) is 0 Å². The number of carbonyl (C=O) groups excluding carboxylic acids is 2. The first kappa shape index (κ1) is 17.4. The van der Waals surface area contributed by atoms with E-state index in [0.717, 1.165) is 29.9 Å². The summed E-state index contributed by atoms with van der Waals surface area (Å²) in [4.78, 5) is 29.8. The van der Waals surface area contributed by atoms with Gasteiger partial charge in [-0.15, -0.1) is 0 Å². The maximum absolute atomic E-state index is 12.7. The van der Waals surface area contributed by atoms with Gasteiger partial charge in [-0.3, -0.25) is 14.6 Å². The number of amides is 2. The molecule has 1 saturated carbocycles. The quantitative estimate of drug-likeness (QED) is 0.688. The van der Waals surface area contributed by atoms with E-state index in [-0.39, 0.29) is 17.7 Å². The number of hydrogen-bond donors (Lipinski definition) is 2. The van der Waals surface area contributed by atoms with Gasteiger partial charge in [-0.05, 0) is 42.1 Å². The van der Waals surface area contributed by atoms with Gasteiger partial charge in [-0.1, -0.05) is 36.4 Å². The van der Waals surface area contributed by atoms with Crippen LogP contribution in [0.5, 0.6) is 0 Å². The fourth-order valence-corrected chi connectivity index (χ4v) is 3.43. The Morgan fingerprint density at radius 3 is 2.56 bits per heavy atom. The van der Waals surface area contributed by atoms with E-state index < -0.39 is 0 Å². The highest BCUT2D eigenvalue weighted by molar-refractivity contribution is 7.09. The van der Waals surface area contributed by atoms with Crippen LogP contribution in [0, 0.1) is 5.92 Å². The van der Waals surface area contributed by atoms with E-state index >= 15 is 0 Å².